The summed E-state index contributed by atoms with van der Waals surface area (Å²) in [4.78, 5) is 43.5. The molecule has 1 aliphatic rings. The molecule has 3 heterocycles. The minimum absolute atomic E-state index is 0.00316. The second-order valence-corrected chi connectivity index (χ2v) is 5.97. The molecule has 3 N–H and O–H groups in total. The van der Waals surface area contributed by atoms with Crippen LogP contribution in [0.1, 0.15) is 22.7 Å². The van der Waals surface area contributed by atoms with E-state index in [2.05, 4.69) is 9.88 Å². The molecule has 1 atom stereocenters. The van der Waals surface area contributed by atoms with Gasteiger partial charge in [0.1, 0.15) is 11.5 Å². The van der Waals surface area contributed by atoms with Crippen LogP contribution in [-0.4, -0.2) is 63.1 Å². The Hall–Kier alpha value is -2.65. The normalized spacial score (nSPS) is 18.4. The van der Waals surface area contributed by atoms with Crippen LogP contribution >= 0.6 is 0 Å². The van der Waals surface area contributed by atoms with Crippen LogP contribution < -0.4 is 11.2 Å². The van der Waals surface area contributed by atoms with Crippen LogP contribution in [-0.2, 0) is 6.54 Å². The van der Waals surface area contributed by atoms with Crippen molar-refractivity contribution >= 4 is 5.91 Å². The molecular weight excluding hydrogens is 328 g/mol. The van der Waals surface area contributed by atoms with Crippen LogP contribution in [0.25, 0.3) is 0 Å². The molecule has 3 rings (SSSR count). The van der Waals surface area contributed by atoms with Gasteiger partial charge >= 0.3 is 5.69 Å². The van der Waals surface area contributed by atoms with Gasteiger partial charge in [0.2, 0.25) is 0 Å². The third kappa shape index (κ3) is 4.06. The molecule has 0 bridgehead atoms. The maximum atomic E-state index is 12.6. The number of aliphatic hydroxyl groups excluding tert-OH is 1. The second-order valence-electron chi connectivity index (χ2n) is 5.97. The number of aromatic nitrogens is 2. The highest BCUT2D eigenvalue weighted by Gasteiger charge is 2.30. The fourth-order valence-electron chi connectivity index (χ4n) is 3.07. The van der Waals surface area contributed by atoms with Crippen molar-refractivity contribution in [2.75, 3.05) is 26.2 Å². The van der Waals surface area contributed by atoms with Gasteiger partial charge in [-0.25, -0.2) is 4.79 Å². The summed E-state index contributed by atoms with van der Waals surface area (Å²) in [6, 6.07) is 4.75. The lowest BCUT2D eigenvalue weighted by molar-refractivity contribution is 0.0368. The van der Waals surface area contributed by atoms with Crippen molar-refractivity contribution < 1.29 is 14.3 Å². The molecule has 0 saturated carbocycles. The largest absolute Gasteiger partial charge is 0.468 e. The first-order chi connectivity index (χ1) is 12.1. The highest BCUT2D eigenvalue weighted by Crippen LogP contribution is 2.18. The number of carbonyl (C=O) groups is 1. The van der Waals surface area contributed by atoms with E-state index in [1.54, 1.807) is 11.2 Å². The topological polar surface area (TPSA) is 123 Å². The number of nitrogens with zero attached hydrogens (tertiary/aromatic N) is 2. The van der Waals surface area contributed by atoms with E-state index in [1.807, 2.05) is 17.1 Å². The SMILES string of the molecule is O=C(c1cc(=O)[nH]c(=O)[nH]1)N1CCN(Cc2ccco2)[C@H](CCO)C1. The van der Waals surface area contributed by atoms with E-state index in [0.29, 0.717) is 32.6 Å². The van der Waals surface area contributed by atoms with Crippen molar-refractivity contribution in [3.05, 3.63) is 56.8 Å². The second kappa shape index (κ2) is 7.49. The standard InChI is InChI=1S/C16H20N4O5/c21-6-3-11-9-20(5-4-19(11)10-12-2-1-7-25-12)15(23)13-8-14(22)18-16(24)17-13/h1-2,7-8,11,21H,3-6,9-10H2,(H2,17,18,22,24)/t11-/m1/s1. The molecule has 25 heavy (non-hydrogen) atoms. The van der Waals surface area contributed by atoms with Gasteiger partial charge in [0, 0.05) is 38.3 Å². The summed E-state index contributed by atoms with van der Waals surface area (Å²) in [5.74, 6) is 0.422. The Labute approximate surface area is 142 Å². The van der Waals surface area contributed by atoms with E-state index < -0.39 is 17.2 Å². The molecule has 134 valence electrons. The lowest BCUT2D eigenvalue weighted by Gasteiger charge is -2.41. The number of hydrogen-bond donors (Lipinski definition) is 3. The zero-order valence-electron chi connectivity index (χ0n) is 13.6. The lowest BCUT2D eigenvalue weighted by atomic mass is 10.1. The molecule has 1 saturated heterocycles. The first-order valence-corrected chi connectivity index (χ1v) is 8.07. The average molecular weight is 348 g/mol. The summed E-state index contributed by atoms with van der Waals surface area (Å²) in [5, 5.41) is 9.33. The molecule has 9 nitrogen and oxygen atoms in total. The number of furan rings is 1. The third-order valence-electron chi connectivity index (χ3n) is 4.28. The molecule has 1 aliphatic heterocycles. The van der Waals surface area contributed by atoms with Gasteiger partial charge in [-0.3, -0.25) is 19.5 Å². The van der Waals surface area contributed by atoms with Crippen molar-refractivity contribution in [1.82, 2.24) is 19.8 Å². The Morgan fingerprint density at radius 1 is 1.32 bits per heavy atom. The third-order valence-corrected chi connectivity index (χ3v) is 4.28. The monoisotopic (exact) mass is 348 g/mol. The van der Waals surface area contributed by atoms with Crippen LogP contribution in [0.5, 0.6) is 0 Å². The molecule has 1 amide bonds. The zero-order chi connectivity index (χ0) is 17.8. The lowest BCUT2D eigenvalue weighted by Crippen LogP contribution is -2.54. The molecule has 0 aliphatic carbocycles. The van der Waals surface area contributed by atoms with Gasteiger partial charge in [-0.1, -0.05) is 0 Å². The first-order valence-electron chi connectivity index (χ1n) is 8.07. The Balaban J connectivity index is 1.73. The summed E-state index contributed by atoms with van der Waals surface area (Å²) in [6.45, 7) is 2.06. The summed E-state index contributed by atoms with van der Waals surface area (Å²) < 4.78 is 5.37. The van der Waals surface area contributed by atoms with E-state index in [4.69, 9.17) is 4.42 Å². The van der Waals surface area contributed by atoms with E-state index in [1.165, 1.54) is 0 Å². The summed E-state index contributed by atoms with van der Waals surface area (Å²) >= 11 is 0. The van der Waals surface area contributed by atoms with Gasteiger partial charge in [-0.2, -0.15) is 0 Å². The number of nitrogens with one attached hydrogen (secondary N) is 2. The zero-order valence-corrected chi connectivity index (χ0v) is 13.6. The minimum Gasteiger partial charge on any atom is -0.468 e. The molecular formula is C16H20N4O5. The molecule has 2 aromatic rings. The smallest absolute Gasteiger partial charge is 0.326 e. The van der Waals surface area contributed by atoms with Crippen molar-refractivity contribution in [1.29, 1.82) is 0 Å². The quantitative estimate of drug-likeness (QED) is 0.661. The number of amides is 1. The van der Waals surface area contributed by atoms with Crippen LogP contribution in [0.15, 0.2) is 38.5 Å². The van der Waals surface area contributed by atoms with Crippen molar-refractivity contribution in [2.24, 2.45) is 0 Å². The van der Waals surface area contributed by atoms with E-state index >= 15 is 0 Å². The average Bonchev–Trinajstić information content (AvgIpc) is 3.08. The number of carbonyl (C=O) groups excluding carboxylic acids is 1. The van der Waals surface area contributed by atoms with E-state index in [0.717, 1.165) is 11.8 Å². The maximum Gasteiger partial charge on any atom is 0.326 e. The minimum atomic E-state index is -0.709. The maximum absolute atomic E-state index is 12.6. The predicted octanol–water partition coefficient (Wildman–Crippen LogP) is -0.635. The van der Waals surface area contributed by atoms with Crippen molar-refractivity contribution in [2.45, 2.75) is 19.0 Å². The summed E-state index contributed by atoms with van der Waals surface area (Å²) in [7, 11) is 0. The Kier molecular flexibility index (Phi) is 5.15. The fraction of sp³-hybridized carbons (Fsp3) is 0.438. The van der Waals surface area contributed by atoms with Crippen molar-refractivity contribution in [3.8, 4) is 0 Å². The molecule has 9 heteroatoms. The molecule has 0 radical (unpaired) electrons. The first kappa shape index (κ1) is 17.2. The van der Waals surface area contributed by atoms with Gasteiger partial charge in [0.05, 0.1) is 12.8 Å². The Morgan fingerprint density at radius 2 is 2.16 bits per heavy atom. The van der Waals surface area contributed by atoms with Crippen LogP contribution in [0.4, 0.5) is 0 Å². The number of aromatic amines is 2. The summed E-state index contributed by atoms with van der Waals surface area (Å²) in [5.41, 5.74) is -1.36. The number of rotatable bonds is 5. The molecule has 0 spiro atoms. The number of H-pyrrole nitrogens is 2. The van der Waals surface area contributed by atoms with Gasteiger partial charge in [-0.05, 0) is 18.6 Å². The van der Waals surface area contributed by atoms with Gasteiger partial charge in [0.15, 0.2) is 0 Å². The Morgan fingerprint density at radius 3 is 2.84 bits per heavy atom. The van der Waals surface area contributed by atoms with E-state index in [-0.39, 0.29) is 18.3 Å². The molecule has 2 aromatic heterocycles. The molecule has 1 fully saturated rings. The summed E-state index contributed by atoms with van der Waals surface area (Å²) in [6.07, 6.45) is 2.12. The highest BCUT2D eigenvalue weighted by molar-refractivity contribution is 5.92. The van der Waals surface area contributed by atoms with Gasteiger partial charge in [-0.15, -0.1) is 0 Å². The van der Waals surface area contributed by atoms with Gasteiger partial charge in [0.25, 0.3) is 11.5 Å². The van der Waals surface area contributed by atoms with Crippen LogP contribution in [0, 0.1) is 0 Å². The number of hydrogen-bond acceptors (Lipinski definition) is 6. The predicted molar refractivity (Wildman–Crippen MR) is 88.2 cm³/mol. The highest BCUT2D eigenvalue weighted by atomic mass is 16.3. The van der Waals surface area contributed by atoms with Gasteiger partial charge < -0.3 is 19.4 Å². The number of piperazine rings is 1. The fourth-order valence-corrected chi connectivity index (χ4v) is 3.07. The van der Waals surface area contributed by atoms with Crippen molar-refractivity contribution in [3.63, 3.8) is 0 Å². The van der Waals surface area contributed by atoms with Crippen LogP contribution in [0.3, 0.4) is 0 Å². The Bertz CT molecular complexity index is 797. The van der Waals surface area contributed by atoms with Crippen LogP contribution in [0.2, 0.25) is 0 Å². The number of aliphatic hydroxyl groups is 1. The molecule has 0 unspecified atom stereocenters. The molecule has 0 aromatic carbocycles. The van der Waals surface area contributed by atoms with E-state index in [9.17, 15) is 19.5 Å².